The maximum absolute atomic E-state index is 8.79. The Kier molecular flexibility index (Phi) is 1.75. The summed E-state index contributed by atoms with van der Waals surface area (Å²) in [7, 11) is 0. The third kappa shape index (κ3) is 1.18. The van der Waals surface area contributed by atoms with Crippen molar-refractivity contribution in [3.63, 3.8) is 0 Å². The lowest BCUT2D eigenvalue weighted by molar-refractivity contribution is 1.18. The van der Waals surface area contributed by atoms with Gasteiger partial charge < -0.3 is 4.40 Å². The van der Waals surface area contributed by atoms with Crippen molar-refractivity contribution in [2.45, 2.75) is 6.92 Å². The molecule has 64 valence electrons. The van der Waals surface area contributed by atoms with E-state index in [0.29, 0.717) is 10.6 Å². The van der Waals surface area contributed by atoms with E-state index in [1.54, 1.807) is 6.07 Å². The molecule has 0 fully saturated rings. The summed E-state index contributed by atoms with van der Waals surface area (Å²) in [6, 6.07) is 5.83. The lowest BCUT2D eigenvalue weighted by atomic mass is 10.2. The van der Waals surface area contributed by atoms with Gasteiger partial charge in [-0.3, -0.25) is 0 Å². The monoisotopic (exact) mass is 190 g/mol. The van der Waals surface area contributed by atoms with Crippen molar-refractivity contribution in [3.8, 4) is 6.07 Å². The Bertz CT molecular complexity index is 505. The highest BCUT2D eigenvalue weighted by molar-refractivity contribution is 6.31. The number of aromatic nitrogens is 1. The third-order valence-corrected chi connectivity index (χ3v) is 2.45. The van der Waals surface area contributed by atoms with Gasteiger partial charge in [0.1, 0.15) is 6.07 Å². The second-order valence-corrected chi connectivity index (χ2v) is 3.35. The van der Waals surface area contributed by atoms with Gasteiger partial charge in [0.05, 0.1) is 16.1 Å². The van der Waals surface area contributed by atoms with E-state index in [9.17, 15) is 0 Å². The lowest BCUT2D eigenvalue weighted by Gasteiger charge is -1.99. The zero-order valence-corrected chi connectivity index (χ0v) is 7.84. The average molecular weight is 191 g/mol. The van der Waals surface area contributed by atoms with Gasteiger partial charge in [-0.1, -0.05) is 11.6 Å². The van der Waals surface area contributed by atoms with Crippen LogP contribution in [0.3, 0.4) is 0 Å². The van der Waals surface area contributed by atoms with Crippen LogP contribution in [0.4, 0.5) is 0 Å². The molecule has 2 heterocycles. The molecule has 0 amide bonds. The molecule has 0 atom stereocenters. The van der Waals surface area contributed by atoms with Gasteiger partial charge in [0.15, 0.2) is 0 Å². The highest BCUT2D eigenvalue weighted by Crippen LogP contribution is 2.20. The van der Waals surface area contributed by atoms with Crippen LogP contribution in [0.1, 0.15) is 11.1 Å². The zero-order valence-electron chi connectivity index (χ0n) is 7.08. The maximum Gasteiger partial charge on any atom is 0.101 e. The van der Waals surface area contributed by atoms with Gasteiger partial charge in [-0.2, -0.15) is 5.26 Å². The Morgan fingerprint density at radius 2 is 2.31 bits per heavy atom. The van der Waals surface area contributed by atoms with Crippen molar-refractivity contribution in [2.75, 3.05) is 0 Å². The SMILES string of the molecule is Cc1cc2c(C#N)ccn2cc1Cl. The van der Waals surface area contributed by atoms with E-state index in [0.717, 1.165) is 11.1 Å². The molecule has 0 aromatic carbocycles. The summed E-state index contributed by atoms with van der Waals surface area (Å²) in [6.45, 7) is 1.93. The fourth-order valence-corrected chi connectivity index (χ4v) is 1.48. The third-order valence-electron chi connectivity index (χ3n) is 2.06. The van der Waals surface area contributed by atoms with Gasteiger partial charge in [0, 0.05) is 12.4 Å². The van der Waals surface area contributed by atoms with Crippen LogP contribution in [0.25, 0.3) is 5.52 Å². The Hall–Kier alpha value is -1.46. The van der Waals surface area contributed by atoms with Crippen LogP contribution < -0.4 is 0 Å². The van der Waals surface area contributed by atoms with Crippen LogP contribution in [0, 0.1) is 18.3 Å². The molecular weight excluding hydrogens is 184 g/mol. The predicted molar refractivity (Wildman–Crippen MR) is 51.9 cm³/mol. The Labute approximate surface area is 81.0 Å². The van der Waals surface area contributed by atoms with Crippen molar-refractivity contribution < 1.29 is 0 Å². The molecule has 0 aliphatic rings. The summed E-state index contributed by atoms with van der Waals surface area (Å²) in [4.78, 5) is 0. The van der Waals surface area contributed by atoms with Crippen molar-refractivity contribution in [2.24, 2.45) is 0 Å². The number of aryl methyl sites for hydroxylation is 1. The van der Waals surface area contributed by atoms with E-state index in [1.807, 2.05) is 29.8 Å². The first-order chi connectivity index (χ1) is 6.22. The number of fused-ring (bicyclic) bond motifs is 1. The fourth-order valence-electron chi connectivity index (χ4n) is 1.32. The average Bonchev–Trinajstić information content (AvgIpc) is 2.48. The van der Waals surface area contributed by atoms with E-state index in [1.165, 1.54) is 0 Å². The Morgan fingerprint density at radius 1 is 1.54 bits per heavy atom. The molecule has 0 saturated carbocycles. The van der Waals surface area contributed by atoms with Gasteiger partial charge in [-0.25, -0.2) is 0 Å². The second kappa shape index (κ2) is 2.79. The molecule has 3 heteroatoms. The molecule has 13 heavy (non-hydrogen) atoms. The minimum absolute atomic E-state index is 0.680. The molecule has 0 saturated heterocycles. The quantitative estimate of drug-likeness (QED) is 0.628. The molecule has 2 rings (SSSR count). The van der Waals surface area contributed by atoms with Crippen LogP contribution >= 0.6 is 11.6 Å². The number of rotatable bonds is 0. The summed E-state index contributed by atoms with van der Waals surface area (Å²) in [5.41, 5.74) is 2.58. The van der Waals surface area contributed by atoms with E-state index in [4.69, 9.17) is 16.9 Å². The van der Waals surface area contributed by atoms with Crippen molar-refractivity contribution >= 4 is 17.1 Å². The largest absolute Gasteiger partial charge is 0.321 e. The van der Waals surface area contributed by atoms with Gasteiger partial charge >= 0.3 is 0 Å². The molecule has 2 nitrogen and oxygen atoms in total. The molecule has 0 aliphatic carbocycles. The molecule has 0 unspecified atom stereocenters. The minimum atomic E-state index is 0.680. The Morgan fingerprint density at radius 3 is 3.00 bits per heavy atom. The van der Waals surface area contributed by atoms with Gasteiger partial charge in [-0.05, 0) is 24.6 Å². The summed E-state index contributed by atoms with van der Waals surface area (Å²) in [5, 5.41) is 9.50. The van der Waals surface area contributed by atoms with Crippen LogP contribution in [-0.4, -0.2) is 4.40 Å². The number of hydrogen-bond acceptors (Lipinski definition) is 1. The molecule has 0 N–H and O–H groups in total. The molecule has 2 aromatic rings. The fraction of sp³-hybridized carbons (Fsp3) is 0.100. The van der Waals surface area contributed by atoms with E-state index in [2.05, 4.69) is 6.07 Å². The molecular formula is C10H7ClN2. The first kappa shape index (κ1) is 8.15. The van der Waals surface area contributed by atoms with Gasteiger partial charge in [-0.15, -0.1) is 0 Å². The van der Waals surface area contributed by atoms with Crippen LogP contribution in [-0.2, 0) is 0 Å². The smallest absolute Gasteiger partial charge is 0.101 e. The second-order valence-electron chi connectivity index (χ2n) is 2.94. The molecule has 0 aliphatic heterocycles. The summed E-state index contributed by atoms with van der Waals surface area (Å²) >= 11 is 5.94. The molecule has 0 spiro atoms. The van der Waals surface area contributed by atoms with Crippen molar-refractivity contribution in [1.82, 2.24) is 4.40 Å². The highest BCUT2D eigenvalue weighted by atomic mass is 35.5. The van der Waals surface area contributed by atoms with E-state index >= 15 is 0 Å². The predicted octanol–water partition coefficient (Wildman–Crippen LogP) is 2.77. The summed E-state index contributed by atoms with van der Waals surface area (Å²) in [5.74, 6) is 0. The number of halogens is 1. The molecule has 2 aromatic heterocycles. The Balaban J connectivity index is 2.86. The standard InChI is InChI=1S/C10H7ClN2/c1-7-4-10-8(5-12)2-3-13(10)6-9(7)11/h2-4,6H,1H3. The van der Waals surface area contributed by atoms with Crippen molar-refractivity contribution in [3.05, 3.63) is 40.7 Å². The molecule has 0 bridgehead atoms. The highest BCUT2D eigenvalue weighted by Gasteiger charge is 2.03. The topological polar surface area (TPSA) is 28.2 Å². The number of pyridine rings is 1. The van der Waals surface area contributed by atoms with Gasteiger partial charge in [0.25, 0.3) is 0 Å². The van der Waals surface area contributed by atoms with E-state index < -0.39 is 0 Å². The summed E-state index contributed by atoms with van der Waals surface area (Å²) in [6.07, 6.45) is 3.65. The van der Waals surface area contributed by atoms with E-state index in [-0.39, 0.29) is 0 Å². The zero-order chi connectivity index (χ0) is 9.42. The van der Waals surface area contributed by atoms with Gasteiger partial charge in [0.2, 0.25) is 0 Å². The normalized spacial score (nSPS) is 10.2. The minimum Gasteiger partial charge on any atom is -0.321 e. The lowest BCUT2D eigenvalue weighted by Crippen LogP contribution is -1.85. The first-order valence-corrected chi connectivity index (χ1v) is 4.27. The number of hydrogen-bond donors (Lipinski definition) is 0. The van der Waals surface area contributed by atoms with Crippen LogP contribution in [0.2, 0.25) is 5.02 Å². The number of nitrogens with zero attached hydrogens (tertiary/aromatic N) is 2. The van der Waals surface area contributed by atoms with Crippen molar-refractivity contribution in [1.29, 1.82) is 5.26 Å². The maximum atomic E-state index is 8.79. The van der Waals surface area contributed by atoms with Crippen LogP contribution in [0.15, 0.2) is 24.5 Å². The van der Waals surface area contributed by atoms with Crippen LogP contribution in [0.5, 0.6) is 0 Å². The first-order valence-electron chi connectivity index (χ1n) is 3.89. The molecule has 0 radical (unpaired) electrons. The number of nitriles is 1. The summed E-state index contributed by atoms with van der Waals surface area (Å²) < 4.78 is 1.86.